The topological polar surface area (TPSA) is 105 Å². The van der Waals surface area contributed by atoms with Crippen molar-refractivity contribution >= 4 is 63.6 Å². The van der Waals surface area contributed by atoms with Gasteiger partial charge in [0, 0.05) is 55.1 Å². The number of ether oxygens (including phenoxy) is 1. The molecule has 2 aromatic heterocycles. The maximum absolute atomic E-state index is 12.9. The lowest BCUT2D eigenvalue weighted by molar-refractivity contribution is -0.122. The first-order valence-electron chi connectivity index (χ1n) is 12.9. The van der Waals surface area contributed by atoms with Crippen LogP contribution in [0.1, 0.15) is 27.3 Å². The summed E-state index contributed by atoms with van der Waals surface area (Å²) < 4.78 is 6.07. The van der Waals surface area contributed by atoms with Crippen molar-refractivity contribution in [1.29, 1.82) is 0 Å². The fourth-order valence-corrected chi connectivity index (χ4v) is 4.57. The highest BCUT2D eigenvalue weighted by Gasteiger charge is 2.19. The van der Waals surface area contributed by atoms with Crippen LogP contribution in [0, 0.1) is 6.92 Å². The van der Waals surface area contributed by atoms with Crippen LogP contribution in [0.25, 0.3) is 17.0 Å². The third-order valence-electron chi connectivity index (χ3n) is 6.35. The van der Waals surface area contributed by atoms with Crippen LogP contribution in [0.3, 0.4) is 0 Å². The second-order valence-electron chi connectivity index (χ2n) is 9.61. The molecule has 0 bridgehead atoms. The van der Waals surface area contributed by atoms with Crippen molar-refractivity contribution in [2.75, 3.05) is 32.6 Å². The Kier molecular flexibility index (Phi) is 9.77. The lowest BCUT2D eigenvalue weighted by Crippen LogP contribution is -2.37. The maximum atomic E-state index is 12.9. The highest BCUT2D eigenvalue weighted by Crippen LogP contribution is 2.35. The van der Waals surface area contributed by atoms with Gasteiger partial charge in [-0.2, -0.15) is 0 Å². The van der Waals surface area contributed by atoms with Gasteiger partial charge in [-0.1, -0.05) is 47.5 Å². The number of aromatic nitrogens is 2. The molecular formula is C31H29Cl2N5O4. The number of aryl methyl sites for hydroxylation is 1. The summed E-state index contributed by atoms with van der Waals surface area (Å²) in [7, 11) is 4.84. The van der Waals surface area contributed by atoms with Gasteiger partial charge in [-0.25, -0.2) is 4.98 Å². The van der Waals surface area contributed by atoms with E-state index >= 15 is 0 Å². The van der Waals surface area contributed by atoms with E-state index in [1.165, 1.54) is 28.1 Å². The summed E-state index contributed by atoms with van der Waals surface area (Å²) >= 11 is 13.1. The van der Waals surface area contributed by atoms with E-state index in [4.69, 9.17) is 27.9 Å². The van der Waals surface area contributed by atoms with E-state index < -0.39 is 11.8 Å². The van der Waals surface area contributed by atoms with Gasteiger partial charge in [0.25, 0.3) is 5.91 Å². The Labute approximate surface area is 253 Å². The van der Waals surface area contributed by atoms with Gasteiger partial charge in [0.2, 0.25) is 11.8 Å². The molecule has 0 radical (unpaired) electrons. The number of amides is 3. The second kappa shape index (κ2) is 13.5. The molecule has 216 valence electrons. The molecule has 2 aromatic carbocycles. The molecule has 0 fully saturated rings. The number of halogens is 2. The zero-order valence-corrected chi connectivity index (χ0v) is 25.0. The van der Waals surface area contributed by atoms with Crippen molar-refractivity contribution in [3.8, 4) is 5.75 Å². The number of nitrogens with zero attached hydrogens (tertiary/aromatic N) is 4. The summed E-state index contributed by atoms with van der Waals surface area (Å²) in [6.07, 6.45) is 4.31. The summed E-state index contributed by atoms with van der Waals surface area (Å²) in [5, 5.41) is 4.16. The molecule has 0 unspecified atom stereocenters. The third kappa shape index (κ3) is 7.23. The number of pyridine rings is 2. The van der Waals surface area contributed by atoms with Crippen LogP contribution < -0.4 is 15.0 Å². The van der Waals surface area contributed by atoms with Gasteiger partial charge in [-0.3, -0.25) is 19.4 Å². The van der Waals surface area contributed by atoms with E-state index in [1.54, 1.807) is 45.4 Å². The first-order valence-corrected chi connectivity index (χ1v) is 13.7. The number of anilines is 1. The number of hydrogen-bond donors (Lipinski definition) is 1. The Bertz CT molecular complexity index is 1670. The van der Waals surface area contributed by atoms with E-state index in [9.17, 15) is 14.4 Å². The first kappa shape index (κ1) is 30.5. The predicted molar refractivity (Wildman–Crippen MR) is 165 cm³/mol. The molecule has 0 saturated heterocycles. The van der Waals surface area contributed by atoms with Crippen LogP contribution in [0.4, 0.5) is 5.69 Å². The summed E-state index contributed by atoms with van der Waals surface area (Å²) in [4.78, 5) is 48.6. The number of benzene rings is 2. The molecule has 0 aliphatic rings. The number of carbonyl (C=O) groups excluding carboxylic acids is 3. The summed E-state index contributed by atoms with van der Waals surface area (Å²) in [5.74, 6) is -0.499. The molecule has 2 heterocycles. The SMILES string of the molecule is Cc1ccc2cccc(OCc3c(Cl)ccc(N(C)C(=O)CNC(=O)/C=C/c4ccc(C(=O)N(C)C)nc4)c3Cl)c2n1. The molecule has 0 saturated carbocycles. The van der Waals surface area contributed by atoms with E-state index in [0.717, 1.165) is 16.6 Å². The normalized spacial score (nSPS) is 11.0. The zero-order valence-electron chi connectivity index (χ0n) is 23.5. The highest BCUT2D eigenvalue weighted by molar-refractivity contribution is 6.38. The Morgan fingerprint density at radius 2 is 1.79 bits per heavy atom. The largest absolute Gasteiger partial charge is 0.487 e. The molecule has 0 aliphatic heterocycles. The van der Waals surface area contributed by atoms with Crippen LogP contribution in [-0.2, 0) is 16.2 Å². The molecule has 11 heteroatoms. The summed E-state index contributed by atoms with van der Waals surface area (Å²) in [5.41, 5.74) is 3.44. The number of nitrogens with one attached hydrogen (secondary N) is 1. The molecular weight excluding hydrogens is 577 g/mol. The van der Waals surface area contributed by atoms with Crippen LogP contribution in [0.15, 0.2) is 66.9 Å². The smallest absolute Gasteiger partial charge is 0.271 e. The van der Waals surface area contributed by atoms with Crippen molar-refractivity contribution in [3.63, 3.8) is 0 Å². The number of fused-ring (bicyclic) bond motifs is 1. The number of carbonyl (C=O) groups is 3. The Balaban J connectivity index is 1.38. The second-order valence-corrected chi connectivity index (χ2v) is 10.4. The maximum Gasteiger partial charge on any atom is 0.271 e. The van der Waals surface area contributed by atoms with Crippen LogP contribution in [-0.4, -0.2) is 60.3 Å². The number of rotatable bonds is 9. The fraction of sp³-hybridized carbons (Fsp3) is 0.194. The first-order chi connectivity index (χ1) is 20.0. The zero-order chi connectivity index (χ0) is 30.4. The predicted octanol–water partition coefficient (Wildman–Crippen LogP) is 5.32. The molecule has 42 heavy (non-hydrogen) atoms. The Hall–Kier alpha value is -4.47. The molecule has 9 nitrogen and oxygen atoms in total. The minimum atomic E-state index is -0.472. The molecule has 0 aliphatic carbocycles. The lowest BCUT2D eigenvalue weighted by atomic mass is 10.1. The van der Waals surface area contributed by atoms with Crippen molar-refractivity contribution in [2.45, 2.75) is 13.5 Å². The minimum Gasteiger partial charge on any atom is -0.487 e. The molecule has 3 amide bonds. The summed E-state index contributed by atoms with van der Waals surface area (Å²) in [6, 6.07) is 16.1. The van der Waals surface area contributed by atoms with E-state index in [2.05, 4.69) is 15.3 Å². The number of likely N-dealkylation sites (N-methyl/N-ethyl adjacent to an activating group) is 1. The molecule has 4 rings (SSSR count). The van der Waals surface area contributed by atoms with Crippen LogP contribution in [0.2, 0.25) is 10.0 Å². The Morgan fingerprint density at radius 1 is 1.00 bits per heavy atom. The molecule has 4 aromatic rings. The van der Waals surface area contributed by atoms with Gasteiger partial charge in [-0.05, 0) is 48.9 Å². The number of hydrogen-bond acceptors (Lipinski definition) is 6. The van der Waals surface area contributed by atoms with Crippen molar-refractivity contribution in [2.24, 2.45) is 0 Å². The van der Waals surface area contributed by atoms with Gasteiger partial charge in [0.1, 0.15) is 23.6 Å². The average Bonchev–Trinajstić information content (AvgIpc) is 2.98. The monoisotopic (exact) mass is 605 g/mol. The van der Waals surface area contributed by atoms with Crippen LogP contribution in [0.5, 0.6) is 5.75 Å². The summed E-state index contributed by atoms with van der Waals surface area (Å²) in [6.45, 7) is 1.70. The fourth-order valence-electron chi connectivity index (χ4n) is 3.97. The number of para-hydroxylation sites is 1. The third-order valence-corrected chi connectivity index (χ3v) is 7.12. The van der Waals surface area contributed by atoms with Gasteiger partial charge < -0.3 is 19.9 Å². The Morgan fingerprint density at radius 3 is 2.50 bits per heavy atom. The average molecular weight is 607 g/mol. The van der Waals surface area contributed by atoms with Crippen molar-refractivity contribution in [3.05, 3.63) is 99.4 Å². The van der Waals surface area contributed by atoms with Gasteiger partial charge in [-0.15, -0.1) is 0 Å². The van der Waals surface area contributed by atoms with Gasteiger partial charge in [0.05, 0.1) is 17.3 Å². The van der Waals surface area contributed by atoms with Crippen molar-refractivity contribution in [1.82, 2.24) is 20.2 Å². The highest BCUT2D eigenvalue weighted by atomic mass is 35.5. The molecule has 1 N–H and O–H groups in total. The van der Waals surface area contributed by atoms with E-state index in [0.29, 0.717) is 33.3 Å². The lowest BCUT2D eigenvalue weighted by Gasteiger charge is -2.21. The molecule has 0 atom stereocenters. The van der Waals surface area contributed by atoms with E-state index in [-0.39, 0.29) is 24.1 Å². The standard InChI is InChI=1S/C31H29Cl2N5O4/c1-19-8-11-21-6-5-7-26(30(21)36-19)42-18-22-23(32)12-14-25(29(22)33)38(4)28(40)17-35-27(39)15-10-20-9-13-24(34-16-20)31(41)37(2)3/h5-16H,17-18H2,1-4H3,(H,35,39)/b15-10+. The minimum absolute atomic E-state index is 0.0585. The van der Waals surface area contributed by atoms with Gasteiger partial charge in [0.15, 0.2) is 0 Å². The quantitative estimate of drug-likeness (QED) is 0.259. The van der Waals surface area contributed by atoms with E-state index in [1.807, 2.05) is 37.3 Å². The van der Waals surface area contributed by atoms with Crippen molar-refractivity contribution < 1.29 is 19.1 Å². The van der Waals surface area contributed by atoms with Gasteiger partial charge >= 0.3 is 0 Å². The molecule has 0 spiro atoms. The van der Waals surface area contributed by atoms with Crippen LogP contribution >= 0.6 is 23.2 Å².